The van der Waals surface area contributed by atoms with Gasteiger partial charge in [0.15, 0.2) is 0 Å². The number of para-hydroxylation sites is 1. The average Bonchev–Trinajstić information content (AvgIpc) is 2.91. The first kappa shape index (κ1) is 8.61. The van der Waals surface area contributed by atoms with Crippen molar-refractivity contribution in [1.82, 2.24) is 0 Å². The molecular formula is C12H17N. The first-order valence-electron chi connectivity index (χ1n) is 5.09. The third-order valence-electron chi connectivity index (χ3n) is 2.86. The van der Waals surface area contributed by atoms with Crippen molar-refractivity contribution >= 4 is 5.69 Å². The van der Waals surface area contributed by atoms with Crippen LogP contribution in [0.15, 0.2) is 24.3 Å². The van der Waals surface area contributed by atoms with Gasteiger partial charge < -0.3 is 5.32 Å². The number of anilines is 1. The molecule has 0 aliphatic heterocycles. The number of hydrogen-bond donors (Lipinski definition) is 1. The molecule has 0 bridgehead atoms. The summed E-state index contributed by atoms with van der Waals surface area (Å²) in [5.74, 6) is 0.916. The van der Waals surface area contributed by atoms with Gasteiger partial charge in [-0.05, 0) is 44.2 Å². The SMILES string of the molecule is Cc1ccccc1NC(C)C1CC1. The Morgan fingerprint density at radius 3 is 2.62 bits per heavy atom. The second-order valence-electron chi connectivity index (χ2n) is 4.09. The van der Waals surface area contributed by atoms with E-state index in [0.717, 1.165) is 5.92 Å². The van der Waals surface area contributed by atoms with Gasteiger partial charge in [-0.2, -0.15) is 0 Å². The summed E-state index contributed by atoms with van der Waals surface area (Å²) < 4.78 is 0. The van der Waals surface area contributed by atoms with Crippen LogP contribution in [-0.4, -0.2) is 6.04 Å². The van der Waals surface area contributed by atoms with E-state index in [2.05, 4.69) is 43.4 Å². The van der Waals surface area contributed by atoms with Crippen molar-refractivity contribution in [2.24, 2.45) is 5.92 Å². The van der Waals surface area contributed by atoms with Crippen molar-refractivity contribution in [3.63, 3.8) is 0 Å². The van der Waals surface area contributed by atoms with Gasteiger partial charge in [0, 0.05) is 11.7 Å². The van der Waals surface area contributed by atoms with Gasteiger partial charge in [-0.3, -0.25) is 0 Å². The molecule has 70 valence electrons. The Bertz CT molecular complexity index is 289. The summed E-state index contributed by atoms with van der Waals surface area (Å²) in [5.41, 5.74) is 2.64. The lowest BCUT2D eigenvalue weighted by Gasteiger charge is -2.15. The number of benzene rings is 1. The summed E-state index contributed by atoms with van der Waals surface area (Å²) in [6, 6.07) is 9.13. The normalized spacial score (nSPS) is 18.3. The van der Waals surface area contributed by atoms with Crippen molar-refractivity contribution in [1.29, 1.82) is 0 Å². The predicted octanol–water partition coefficient (Wildman–Crippen LogP) is 3.21. The fourth-order valence-corrected chi connectivity index (χ4v) is 1.69. The van der Waals surface area contributed by atoms with Crippen LogP contribution in [0, 0.1) is 12.8 Å². The van der Waals surface area contributed by atoms with Crippen LogP contribution in [0.3, 0.4) is 0 Å². The highest BCUT2D eigenvalue weighted by Gasteiger charge is 2.27. The smallest absolute Gasteiger partial charge is 0.0372 e. The van der Waals surface area contributed by atoms with Crippen LogP contribution < -0.4 is 5.32 Å². The van der Waals surface area contributed by atoms with Crippen LogP contribution in [0.4, 0.5) is 5.69 Å². The summed E-state index contributed by atoms with van der Waals surface area (Å²) in [6.45, 7) is 4.44. The van der Waals surface area contributed by atoms with Crippen molar-refractivity contribution in [3.8, 4) is 0 Å². The molecule has 0 heterocycles. The van der Waals surface area contributed by atoms with Gasteiger partial charge in [-0.1, -0.05) is 18.2 Å². The quantitative estimate of drug-likeness (QED) is 0.743. The van der Waals surface area contributed by atoms with Gasteiger partial charge >= 0.3 is 0 Å². The minimum absolute atomic E-state index is 0.640. The Morgan fingerprint density at radius 2 is 2.00 bits per heavy atom. The molecule has 1 aliphatic carbocycles. The highest BCUT2D eigenvalue weighted by atomic mass is 14.9. The Labute approximate surface area is 80.2 Å². The zero-order valence-electron chi connectivity index (χ0n) is 8.38. The molecular weight excluding hydrogens is 158 g/mol. The first-order chi connectivity index (χ1) is 6.27. The Hall–Kier alpha value is -0.980. The average molecular weight is 175 g/mol. The van der Waals surface area contributed by atoms with E-state index < -0.39 is 0 Å². The van der Waals surface area contributed by atoms with Gasteiger partial charge in [0.05, 0.1) is 0 Å². The fourth-order valence-electron chi connectivity index (χ4n) is 1.69. The lowest BCUT2D eigenvalue weighted by Crippen LogP contribution is -2.17. The highest BCUT2D eigenvalue weighted by Crippen LogP contribution is 2.34. The monoisotopic (exact) mass is 175 g/mol. The largest absolute Gasteiger partial charge is 0.382 e. The molecule has 0 amide bonds. The molecule has 0 radical (unpaired) electrons. The van der Waals surface area contributed by atoms with Crippen molar-refractivity contribution < 1.29 is 0 Å². The molecule has 1 aromatic rings. The maximum absolute atomic E-state index is 3.57. The molecule has 1 atom stereocenters. The zero-order chi connectivity index (χ0) is 9.26. The fraction of sp³-hybridized carbons (Fsp3) is 0.500. The molecule has 1 heteroatoms. The van der Waals surface area contributed by atoms with Crippen molar-refractivity contribution in [3.05, 3.63) is 29.8 Å². The van der Waals surface area contributed by atoms with E-state index >= 15 is 0 Å². The maximum Gasteiger partial charge on any atom is 0.0372 e. The summed E-state index contributed by atoms with van der Waals surface area (Å²) >= 11 is 0. The standard InChI is InChI=1S/C12H17N/c1-9-5-3-4-6-12(9)13-10(2)11-7-8-11/h3-6,10-11,13H,7-8H2,1-2H3. The lowest BCUT2D eigenvalue weighted by molar-refractivity contribution is 0.693. The zero-order valence-corrected chi connectivity index (χ0v) is 8.38. The molecule has 1 fully saturated rings. The third kappa shape index (κ3) is 2.03. The molecule has 13 heavy (non-hydrogen) atoms. The van der Waals surface area contributed by atoms with E-state index in [1.807, 2.05) is 0 Å². The summed E-state index contributed by atoms with van der Waals surface area (Å²) in [4.78, 5) is 0. The minimum Gasteiger partial charge on any atom is -0.382 e. The van der Waals surface area contributed by atoms with Gasteiger partial charge in [-0.25, -0.2) is 0 Å². The van der Waals surface area contributed by atoms with Crippen LogP contribution >= 0.6 is 0 Å². The molecule has 1 saturated carbocycles. The minimum atomic E-state index is 0.640. The second-order valence-corrected chi connectivity index (χ2v) is 4.09. The molecule has 1 nitrogen and oxygen atoms in total. The maximum atomic E-state index is 3.57. The van der Waals surface area contributed by atoms with Crippen molar-refractivity contribution in [2.75, 3.05) is 5.32 Å². The number of aryl methyl sites for hydroxylation is 1. The van der Waals surface area contributed by atoms with Crippen molar-refractivity contribution in [2.45, 2.75) is 32.7 Å². The molecule has 1 aliphatic rings. The topological polar surface area (TPSA) is 12.0 Å². The van der Waals surface area contributed by atoms with Gasteiger partial charge in [-0.15, -0.1) is 0 Å². The molecule has 0 aromatic heterocycles. The number of nitrogens with one attached hydrogen (secondary N) is 1. The van der Waals surface area contributed by atoms with E-state index in [0.29, 0.717) is 6.04 Å². The highest BCUT2D eigenvalue weighted by molar-refractivity contribution is 5.51. The molecule has 1 unspecified atom stereocenters. The number of rotatable bonds is 3. The Morgan fingerprint density at radius 1 is 1.31 bits per heavy atom. The van der Waals surface area contributed by atoms with Crippen LogP contribution in [0.2, 0.25) is 0 Å². The Balaban J connectivity index is 2.03. The molecule has 1 aromatic carbocycles. The second kappa shape index (κ2) is 3.41. The van der Waals surface area contributed by atoms with Gasteiger partial charge in [0.2, 0.25) is 0 Å². The van der Waals surface area contributed by atoms with Crippen LogP contribution in [0.1, 0.15) is 25.3 Å². The Kier molecular flexibility index (Phi) is 2.26. The summed E-state index contributed by atoms with van der Waals surface area (Å²) in [7, 11) is 0. The summed E-state index contributed by atoms with van der Waals surface area (Å²) in [6.07, 6.45) is 2.81. The summed E-state index contributed by atoms with van der Waals surface area (Å²) in [5, 5.41) is 3.57. The van der Waals surface area contributed by atoms with E-state index in [9.17, 15) is 0 Å². The van der Waals surface area contributed by atoms with E-state index in [1.54, 1.807) is 0 Å². The molecule has 0 saturated heterocycles. The van der Waals surface area contributed by atoms with Gasteiger partial charge in [0.1, 0.15) is 0 Å². The van der Waals surface area contributed by atoms with E-state index in [4.69, 9.17) is 0 Å². The van der Waals surface area contributed by atoms with E-state index in [1.165, 1.54) is 24.1 Å². The third-order valence-corrected chi connectivity index (χ3v) is 2.86. The van der Waals surface area contributed by atoms with Gasteiger partial charge in [0.25, 0.3) is 0 Å². The van der Waals surface area contributed by atoms with E-state index in [-0.39, 0.29) is 0 Å². The predicted molar refractivity (Wildman–Crippen MR) is 57.0 cm³/mol. The molecule has 2 rings (SSSR count). The van der Waals surface area contributed by atoms with Crippen LogP contribution in [-0.2, 0) is 0 Å². The first-order valence-corrected chi connectivity index (χ1v) is 5.09. The molecule has 0 spiro atoms. The lowest BCUT2D eigenvalue weighted by atomic mass is 10.1. The number of hydrogen-bond acceptors (Lipinski definition) is 1. The molecule has 1 N–H and O–H groups in total. The van der Waals surface area contributed by atoms with Crippen LogP contribution in [0.5, 0.6) is 0 Å². The van der Waals surface area contributed by atoms with Crippen LogP contribution in [0.25, 0.3) is 0 Å².